The van der Waals surface area contributed by atoms with Crippen LogP contribution in [0.4, 0.5) is 0 Å². The van der Waals surface area contributed by atoms with E-state index in [-0.39, 0.29) is 23.5 Å². The minimum atomic E-state index is -0.874. The second-order valence-electron chi connectivity index (χ2n) is 8.16. The summed E-state index contributed by atoms with van der Waals surface area (Å²) in [4.78, 5) is 18.9. The number of hydrogen-bond acceptors (Lipinski definition) is 4. The molecule has 2 fully saturated rings. The Kier molecular flexibility index (Phi) is 4.01. The van der Waals surface area contributed by atoms with E-state index in [2.05, 4.69) is 15.2 Å². The van der Waals surface area contributed by atoms with Gasteiger partial charge in [-0.3, -0.25) is 9.69 Å². The topological polar surface area (TPSA) is 70.4 Å². The van der Waals surface area contributed by atoms with Crippen molar-refractivity contribution in [2.24, 2.45) is 7.05 Å². The zero-order valence-corrected chi connectivity index (χ0v) is 14.5. The van der Waals surface area contributed by atoms with Crippen molar-refractivity contribution < 1.29 is 9.90 Å². The summed E-state index contributed by atoms with van der Waals surface area (Å²) in [6, 6.07) is 0.502. The van der Waals surface area contributed by atoms with Gasteiger partial charge in [0.25, 0.3) is 0 Å². The molecular formula is C17H28N4O2. The standard InChI is InChI=1S/C17H28N4O2/c1-16(2,3)19-14(22)11-21-12-5-6-13(21)10-17(23,9-12)15-18-7-8-20(15)4/h7-8,12-13,23H,5-6,9-11H2,1-4H3,(H,19,22)/t12-,13-/m1/s1. The highest BCUT2D eigenvalue weighted by atomic mass is 16.3. The number of carbonyl (C=O) groups is 1. The van der Waals surface area contributed by atoms with E-state index in [1.807, 2.05) is 38.6 Å². The van der Waals surface area contributed by atoms with Crippen molar-refractivity contribution >= 4 is 5.91 Å². The van der Waals surface area contributed by atoms with Crippen LogP contribution < -0.4 is 5.32 Å². The van der Waals surface area contributed by atoms with Crippen LogP contribution in [0.25, 0.3) is 0 Å². The first-order chi connectivity index (χ1) is 10.7. The fourth-order valence-corrected chi connectivity index (χ4v) is 4.19. The number of aromatic nitrogens is 2. The molecule has 3 rings (SSSR count). The highest BCUT2D eigenvalue weighted by molar-refractivity contribution is 5.78. The molecule has 2 aliphatic heterocycles. The van der Waals surface area contributed by atoms with Crippen LogP contribution in [-0.2, 0) is 17.4 Å². The number of nitrogens with zero attached hydrogens (tertiary/aromatic N) is 3. The van der Waals surface area contributed by atoms with Crippen molar-refractivity contribution in [2.75, 3.05) is 6.54 Å². The Balaban J connectivity index is 1.70. The van der Waals surface area contributed by atoms with E-state index in [9.17, 15) is 9.90 Å². The lowest BCUT2D eigenvalue weighted by atomic mass is 9.85. The van der Waals surface area contributed by atoms with Crippen LogP contribution in [0.2, 0.25) is 0 Å². The number of piperidine rings is 1. The minimum absolute atomic E-state index is 0.0665. The smallest absolute Gasteiger partial charge is 0.234 e. The average Bonchev–Trinajstić information content (AvgIpc) is 2.92. The molecule has 2 N–H and O–H groups in total. The van der Waals surface area contributed by atoms with E-state index in [0.29, 0.717) is 19.4 Å². The molecule has 1 aromatic heterocycles. The molecular weight excluding hydrogens is 292 g/mol. The van der Waals surface area contributed by atoms with Gasteiger partial charge in [0.05, 0.1) is 6.54 Å². The lowest BCUT2D eigenvalue weighted by molar-refractivity contribution is -0.127. The van der Waals surface area contributed by atoms with Gasteiger partial charge < -0.3 is 15.0 Å². The number of nitrogens with one attached hydrogen (secondary N) is 1. The highest BCUT2D eigenvalue weighted by Crippen LogP contribution is 2.44. The van der Waals surface area contributed by atoms with Crippen LogP contribution in [0.3, 0.4) is 0 Å². The molecule has 3 heterocycles. The van der Waals surface area contributed by atoms with Gasteiger partial charge in [-0.2, -0.15) is 0 Å². The summed E-state index contributed by atoms with van der Waals surface area (Å²) in [6.07, 6.45) is 6.99. The van der Waals surface area contributed by atoms with Gasteiger partial charge in [-0.1, -0.05) is 0 Å². The number of aliphatic hydroxyl groups is 1. The lowest BCUT2D eigenvalue weighted by Gasteiger charge is -2.43. The molecule has 0 aromatic carbocycles. The van der Waals surface area contributed by atoms with Crippen LogP contribution in [0.15, 0.2) is 12.4 Å². The number of amides is 1. The number of imidazole rings is 1. The van der Waals surface area contributed by atoms with Crippen molar-refractivity contribution in [3.63, 3.8) is 0 Å². The largest absolute Gasteiger partial charge is 0.382 e. The van der Waals surface area contributed by atoms with Gasteiger partial charge in [-0.15, -0.1) is 0 Å². The normalized spacial score (nSPS) is 31.3. The Morgan fingerprint density at radius 1 is 1.39 bits per heavy atom. The molecule has 0 saturated carbocycles. The maximum absolute atomic E-state index is 12.3. The average molecular weight is 320 g/mol. The Morgan fingerprint density at radius 3 is 2.48 bits per heavy atom. The van der Waals surface area contributed by atoms with Crippen LogP contribution in [0.1, 0.15) is 52.3 Å². The number of aryl methyl sites for hydroxylation is 1. The Hall–Kier alpha value is -1.40. The molecule has 0 radical (unpaired) electrons. The van der Waals surface area contributed by atoms with Crippen molar-refractivity contribution in [3.05, 3.63) is 18.2 Å². The van der Waals surface area contributed by atoms with Crippen LogP contribution in [0, 0.1) is 0 Å². The molecule has 6 nitrogen and oxygen atoms in total. The molecule has 128 valence electrons. The number of fused-ring (bicyclic) bond motifs is 2. The number of carbonyl (C=O) groups excluding carboxylic acids is 1. The van der Waals surface area contributed by atoms with Gasteiger partial charge in [-0.25, -0.2) is 4.98 Å². The second-order valence-corrected chi connectivity index (χ2v) is 8.16. The van der Waals surface area contributed by atoms with Gasteiger partial charge in [0.15, 0.2) is 0 Å². The molecule has 2 saturated heterocycles. The van der Waals surface area contributed by atoms with Gasteiger partial charge in [0.1, 0.15) is 11.4 Å². The van der Waals surface area contributed by atoms with Crippen molar-refractivity contribution in [3.8, 4) is 0 Å². The maximum atomic E-state index is 12.3. The van der Waals surface area contributed by atoms with Gasteiger partial charge >= 0.3 is 0 Å². The first kappa shape index (κ1) is 16.5. The fourth-order valence-electron chi connectivity index (χ4n) is 4.19. The van der Waals surface area contributed by atoms with Crippen LogP contribution in [-0.4, -0.2) is 49.6 Å². The summed E-state index contributed by atoms with van der Waals surface area (Å²) >= 11 is 0. The van der Waals surface area contributed by atoms with E-state index in [4.69, 9.17) is 0 Å². The van der Waals surface area contributed by atoms with Crippen LogP contribution >= 0.6 is 0 Å². The van der Waals surface area contributed by atoms with Gasteiger partial charge in [0.2, 0.25) is 5.91 Å². The van der Waals surface area contributed by atoms with Crippen LogP contribution in [0.5, 0.6) is 0 Å². The number of hydrogen-bond donors (Lipinski definition) is 2. The Labute approximate surface area is 137 Å². The summed E-state index contributed by atoms with van der Waals surface area (Å²) in [5.74, 6) is 0.810. The maximum Gasteiger partial charge on any atom is 0.234 e. The Morgan fingerprint density at radius 2 is 2.00 bits per heavy atom. The van der Waals surface area contributed by atoms with E-state index < -0.39 is 5.60 Å². The molecule has 2 atom stereocenters. The summed E-state index contributed by atoms with van der Waals surface area (Å²) in [7, 11) is 1.92. The molecule has 0 unspecified atom stereocenters. The van der Waals surface area contributed by atoms with E-state index >= 15 is 0 Å². The van der Waals surface area contributed by atoms with Gasteiger partial charge in [-0.05, 0) is 46.5 Å². The zero-order chi connectivity index (χ0) is 16.8. The predicted octanol–water partition coefficient (Wildman–Crippen LogP) is 1.15. The molecule has 2 aliphatic rings. The molecule has 6 heteroatoms. The molecule has 2 bridgehead atoms. The lowest BCUT2D eigenvalue weighted by Crippen LogP contribution is -2.54. The third-order valence-electron chi connectivity index (χ3n) is 5.00. The Bertz CT molecular complexity index is 576. The summed E-state index contributed by atoms with van der Waals surface area (Å²) in [5, 5.41) is 14.2. The summed E-state index contributed by atoms with van der Waals surface area (Å²) in [6.45, 7) is 6.41. The van der Waals surface area contributed by atoms with Crippen molar-refractivity contribution in [1.82, 2.24) is 19.8 Å². The SMILES string of the molecule is Cn1ccnc1C1(O)C[C@H]2CC[C@H](C1)N2CC(=O)NC(C)(C)C. The predicted molar refractivity (Wildman–Crippen MR) is 87.8 cm³/mol. The molecule has 1 amide bonds. The second kappa shape index (κ2) is 5.60. The minimum Gasteiger partial charge on any atom is -0.382 e. The summed E-state index contributed by atoms with van der Waals surface area (Å²) in [5.41, 5.74) is -1.08. The highest BCUT2D eigenvalue weighted by Gasteiger charge is 2.50. The van der Waals surface area contributed by atoms with Gasteiger partial charge in [0, 0.05) is 37.1 Å². The quantitative estimate of drug-likeness (QED) is 0.876. The fraction of sp³-hybridized carbons (Fsp3) is 0.765. The van der Waals surface area contributed by atoms with E-state index in [0.717, 1.165) is 18.7 Å². The third kappa shape index (κ3) is 3.28. The van der Waals surface area contributed by atoms with Crippen molar-refractivity contribution in [1.29, 1.82) is 0 Å². The first-order valence-corrected chi connectivity index (χ1v) is 8.45. The molecule has 1 aromatic rings. The first-order valence-electron chi connectivity index (χ1n) is 8.45. The summed E-state index contributed by atoms with van der Waals surface area (Å²) < 4.78 is 1.90. The zero-order valence-electron chi connectivity index (χ0n) is 14.5. The van der Waals surface area contributed by atoms with E-state index in [1.165, 1.54) is 0 Å². The number of rotatable bonds is 3. The molecule has 0 spiro atoms. The molecule has 23 heavy (non-hydrogen) atoms. The van der Waals surface area contributed by atoms with E-state index in [1.54, 1.807) is 6.20 Å². The third-order valence-corrected chi connectivity index (χ3v) is 5.00. The molecule has 0 aliphatic carbocycles. The van der Waals surface area contributed by atoms with Crippen molar-refractivity contribution in [2.45, 2.75) is 69.7 Å². The monoisotopic (exact) mass is 320 g/mol.